The molecule has 0 radical (unpaired) electrons. The van der Waals surface area contributed by atoms with Gasteiger partial charge in [0.2, 0.25) is 0 Å². The Labute approximate surface area is 93.3 Å². The summed E-state index contributed by atoms with van der Waals surface area (Å²) < 4.78 is 0. The summed E-state index contributed by atoms with van der Waals surface area (Å²) in [5, 5.41) is 19.9. The summed E-state index contributed by atoms with van der Waals surface area (Å²) in [6.45, 7) is 11.2. The maximum atomic E-state index is 10.2. The zero-order chi connectivity index (χ0) is 11.9. The summed E-state index contributed by atoms with van der Waals surface area (Å²) >= 11 is 0. The summed E-state index contributed by atoms with van der Waals surface area (Å²) in [6, 6.07) is 0. The Morgan fingerprint density at radius 2 is 1.67 bits per heavy atom. The molecule has 0 saturated carbocycles. The van der Waals surface area contributed by atoms with E-state index < -0.39 is 5.60 Å². The molecule has 0 saturated heterocycles. The van der Waals surface area contributed by atoms with Crippen LogP contribution in [0.5, 0.6) is 0 Å². The first-order valence-corrected chi connectivity index (χ1v) is 5.57. The molecule has 0 aromatic heterocycles. The average molecular weight is 212 g/mol. The number of aliphatic hydroxyl groups is 2. The van der Waals surface area contributed by atoms with Gasteiger partial charge in [-0.05, 0) is 31.6 Å². The van der Waals surface area contributed by atoms with Crippen LogP contribution in [0.2, 0.25) is 0 Å². The van der Waals surface area contributed by atoms with Gasteiger partial charge >= 0.3 is 0 Å². The van der Waals surface area contributed by atoms with Gasteiger partial charge in [0, 0.05) is 0 Å². The molecule has 0 aliphatic heterocycles. The summed E-state index contributed by atoms with van der Waals surface area (Å²) in [6.07, 6.45) is 5.39. The van der Waals surface area contributed by atoms with Gasteiger partial charge in [0.15, 0.2) is 0 Å². The lowest BCUT2D eigenvalue weighted by molar-refractivity contribution is 0.0135. The van der Waals surface area contributed by atoms with Crippen molar-refractivity contribution >= 4 is 0 Å². The Hall–Kier alpha value is -0.600. The first-order valence-electron chi connectivity index (χ1n) is 5.57. The summed E-state index contributed by atoms with van der Waals surface area (Å²) in [5.41, 5.74) is -0.778. The zero-order valence-corrected chi connectivity index (χ0v) is 9.95. The third-order valence-corrected chi connectivity index (χ3v) is 2.72. The third-order valence-electron chi connectivity index (χ3n) is 2.72. The number of hydrogen-bond donors (Lipinski definition) is 2. The number of hydrogen-bond acceptors (Lipinski definition) is 2. The van der Waals surface area contributed by atoms with Gasteiger partial charge in [-0.25, -0.2) is 0 Å². The molecule has 0 bridgehead atoms. The Kier molecular flexibility index (Phi) is 6.53. The second kappa shape index (κ2) is 6.81. The van der Waals surface area contributed by atoms with Crippen molar-refractivity contribution in [2.45, 2.75) is 51.2 Å². The highest BCUT2D eigenvalue weighted by Gasteiger charge is 2.25. The molecule has 15 heavy (non-hydrogen) atoms. The lowest BCUT2D eigenvalue weighted by atomic mass is 9.87. The van der Waals surface area contributed by atoms with Crippen LogP contribution in [0.4, 0.5) is 0 Å². The van der Waals surface area contributed by atoms with Crippen molar-refractivity contribution in [1.29, 1.82) is 0 Å². The van der Waals surface area contributed by atoms with Gasteiger partial charge in [0.1, 0.15) is 0 Å². The molecular weight excluding hydrogens is 188 g/mol. The van der Waals surface area contributed by atoms with Gasteiger partial charge < -0.3 is 10.2 Å². The Morgan fingerprint density at radius 1 is 1.20 bits per heavy atom. The van der Waals surface area contributed by atoms with Crippen LogP contribution >= 0.6 is 0 Å². The molecule has 2 nitrogen and oxygen atoms in total. The van der Waals surface area contributed by atoms with Crippen LogP contribution in [0.25, 0.3) is 0 Å². The lowest BCUT2D eigenvalue weighted by Crippen LogP contribution is -2.29. The molecule has 0 rings (SSSR count). The van der Waals surface area contributed by atoms with E-state index in [9.17, 15) is 10.2 Å². The van der Waals surface area contributed by atoms with E-state index in [4.69, 9.17) is 0 Å². The molecule has 0 spiro atoms. The molecule has 88 valence electrons. The molecule has 0 aliphatic carbocycles. The predicted molar refractivity (Wildman–Crippen MR) is 64.7 cm³/mol. The topological polar surface area (TPSA) is 40.5 Å². The Bertz CT molecular complexity index is 187. The fourth-order valence-electron chi connectivity index (χ4n) is 1.57. The summed E-state index contributed by atoms with van der Waals surface area (Å²) in [4.78, 5) is 0. The molecule has 2 N–H and O–H groups in total. The van der Waals surface area contributed by atoms with E-state index in [1.165, 1.54) is 0 Å². The van der Waals surface area contributed by atoms with Crippen LogP contribution < -0.4 is 0 Å². The first kappa shape index (κ1) is 14.4. The van der Waals surface area contributed by atoms with E-state index >= 15 is 0 Å². The number of aliphatic hydroxyl groups excluding tert-OH is 1. The maximum Gasteiger partial charge on any atom is 0.0717 e. The predicted octanol–water partition coefficient (Wildman–Crippen LogP) is 2.67. The van der Waals surface area contributed by atoms with E-state index in [0.29, 0.717) is 25.7 Å². The zero-order valence-electron chi connectivity index (χ0n) is 9.95. The normalized spacial score (nSPS) is 13.9. The largest absolute Gasteiger partial charge is 0.393 e. The van der Waals surface area contributed by atoms with Crippen molar-refractivity contribution < 1.29 is 10.2 Å². The Balaban J connectivity index is 4.16. The number of rotatable bonds is 8. The molecule has 0 heterocycles. The maximum absolute atomic E-state index is 10.2. The first-order chi connectivity index (χ1) is 6.95. The van der Waals surface area contributed by atoms with Crippen molar-refractivity contribution in [1.82, 2.24) is 0 Å². The minimum absolute atomic E-state index is 0.238. The molecule has 0 aromatic carbocycles. The molecule has 2 heteroatoms. The second-order valence-corrected chi connectivity index (χ2v) is 4.56. The highest BCUT2D eigenvalue weighted by molar-refractivity contribution is 4.92. The van der Waals surface area contributed by atoms with Crippen LogP contribution in [-0.2, 0) is 0 Å². The van der Waals surface area contributed by atoms with Crippen LogP contribution in [0.15, 0.2) is 25.3 Å². The van der Waals surface area contributed by atoms with Gasteiger partial charge in [0.05, 0.1) is 11.7 Å². The van der Waals surface area contributed by atoms with Crippen molar-refractivity contribution in [3.8, 4) is 0 Å². The standard InChI is InChI=1S/C13H24O2/c1-5-8-13(15,9-6-2)10-7-12(14)11(3)4/h5-6,11-12,14-15H,1-2,7-10H2,3-4H3. The fourth-order valence-corrected chi connectivity index (χ4v) is 1.57. The molecule has 1 unspecified atom stereocenters. The van der Waals surface area contributed by atoms with E-state index in [2.05, 4.69) is 13.2 Å². The van der Waals surface area contributed by atoms with Gasteiger partial charge in [-0.3, -0.25) is 0 Å². The van der Waals surface area contributed by atoms with Crippen molar-refractivity contribution in [2.24, 2.45) is 5.92 Å². The van der Waals surface area contributed by atoms with Crippen molar-refractivity contribution in [3.63, 3.8) is 0 Å². The van der Waals surface area contributed by atoms with Crippen LogP contribution in [-0.4, -0.2) is 21.9 Å². The quantitative estimate of drug-likeness (QED) is 0.607. The highest BCUT2D eigenvalue weighted by atomic mass is 16.3. The fraction of sp³-hybridized carbons (Fsp3) is 0.692. The Morgan fingerprint density at radius 3 is 2.00 bits per heavy atom. The molecule has 0 aliphatic rings. The summed E-state index contributed by atoms with van der Waals surface area (Å²) in [7, 11) is 0. The van der Waals surface area contributed by atoms with Gasteiger partial charge in [-0.2, -0.15) is 0 Å². The molecule has 1 atom stereocenters. The highest BCUT2D eigenvalue weighted by Crippen LogP contribution is 2.24. The van der Waals surface area contributed by atoms with E-state index in [0.717, 1.165) is 0 Å². The smallest absolute Gasteiger partial charge is 0.0717 e. The van der Waals surface area contributed by atoms with Gasteiger partial charge in [0.25, 0.3) is 0 Å². The SMILES string of the molecule is C=CCC(O)(CC=C)CCC(O)C(C)C. The monoisotopic (exact) mass is 212 g/mol. The minimum Gasteiger partial charge on any atom is -0.393 e. The van der Waals surface area contributed by atoms with Crippen molar-refractivity contribution in [2.75, 3.05) is 0 Å². The van der Waals surface area contributed by atoms with Gasteiger partial charge in [-0.1, -0.05) is 26.0 Å². The third kappa shape index (κ3) is 5.75. The lowest BCUT2D eigenvalue weighted by Gasteiger charge is -2.27. The van der Waals surface area contributed by atoms with Gasteiger partial charge in [-0.15, -0.1) is 13.2 Å². The molecule has 0 fully saturated rings. The average Bonchev–Trinajstić information content (AvgIpc) is 2.15. The van der Waals surface area contributed by atoms with Crippen LogP contribution in [0.1, 0.15) is 39.5 Å². The van der Waals surface area contributed by atoms with E-state index in [1.54, 1.807) is 12.2 Å². The minimum atomic E-state index is -0.778. The second-order valence-electron chi connectivity index (χ2n) is 4.56. The van der Waals surface area contributed by atoms with Crippen LogP contribution in [0.3, 0.4) is 0 Å². The summed E-state index contributed by atoms with van der Waals surface area (Å²) in [5.74, 6) is 0.238. The van der Waals surface area contributed by atoms with E-state index in [1.807, 2.05) is 13.8 Å². The van der Waals surface area contributed by atoms with E-state index in [-0.39, 0.29) is 12.0 Å². The van der Waals surface area contributed by atoms with Crippen LogP contribution in [0, 0.1) is 5.92 Å². The molecular formula is C13H24O2. The molecule has 0 amide bonds. The molecule has 0 aromatic rings. The van der Waals surface area contributed by atoms with Crippen molar-refractivity contribution in [3.05, 3.63) is 25.3 Å².